The highest BCUT2D eigenvalue weighted by molar-refractivity contribution is 6.08. The van der Waals surface area contributed by atoms with Gasteiger partial charge in [-0.2, -0.15) is 0 Å². The predicted molar refractivity (Wildman–Crippen MR) is 102 cm³/mol. The van der Waals surface area contributed by atoms with E-state index in [1.165, 1.54) is 0 Å². The van der Waals surface area contributed by atoms with Gasteiger partial charge in [0.05, 0.1) is 23.1 Å². The lowest BCUT2D eigenvalue weighted by atomic mass is 9.87. The fraction of sp³-hybridized carbons (Fsp3) is 0.300. The molecule has 0 spiro atoms. The molecule has 0 fully saturated rings. The number of fused-ring (bicyclic) bond motifs is 2. The average Bonchev–Trinajstić information content (AvgIpc) is 3.06. The topological polar surface area (TPSA) is 88.2 Å². The quantitative estimate of drug-likeness (QED) is 0.706. The van der Waals surface area contributed by atoms with Crippen LogP contribution in [0.5, 0.6) is 5.75 Å². The smallest absolute Gasteiger partial charge is 0.264 e. The lowest BCUT2D eigenvalue weighted by molar-refractivity contribution is -0.120. The molecule has 138 valence electrons. The highest BCUT2D eigenvalue weighted by atomic mass is 16.5. The number of hydrogen-bond acceptors (Lipinski definition) is 5. The molecule has 3 heterocycles. The summed E-state index contributed by atoms with van der Waals surface area (Å²) in [7, 11) is 1.72. The second kappa shape index (κ2) is 5.90. The van der Waals surface area contributed by atoms with Gasteiger partial charge in [0, 0.05) is 24.2 Å². The molecule has 27 heavy (non-hydrogen) atoms. The summed E-state index contributed by atoms with van der Waals surface area (Å²) in [6.45, 7) is 5.67. The molecular formula is C20H20N4O3. The van der Waals surface area contributed by atoms with Crippen LogP contribution in [0.3, 0.4) is 0 Å². The molecule has 1 N–H and O–H groups in total. The van der Waals surface area contributed by atoms with Crippen LogP contribution in [0.2, 0.25) is 0 Å². The van der Waals surface area contributed by atoms with E-state index in [2.05, 4.69) is 15.0 Å². The van der Waals surface area contributed by atoms with Crippen LogP contribution < -0.4 is 9.64 Å². The minimum atomic E-state index is -0.515. The number of hydrogen-bond donors (Lipinski definition) is 1. The van der Waals surface area contributed by atoms with Crippen molar-refractivity contribution in [3.8, 4) is 17.0 Å². The molecule has 0 atom stereocenters. The van der Waals surface area contributed by atoms with Crippen LogP contribution in [0.15, 0.2) is 30.6 Å². The van der Waals surface area contributed by atoms with Crippen molar-refractivity contribution in [1.82, 2.24) is 15.0 Å². The molecule has 7 heteroatoms. The number of anilines is 1. The Labute approximate surface area is 156 Å². The van der Waals surface area contributed by atoms with Crippen molar-refractivity contribution in [3.63, 3.8) is 0 Å². The van der Waals surface area contributed by atoms with Crippen LogP contribution in [-0.2, 0) is 4.79 Å². The Morgan fingerprint density at radius 3 is 2.81 bits per heavy atom. The second-order valence-electron chi connectivity index (χ2n) is 7.66. The molecule has 1 aliphatic rings. The third-order valence-corrected chi connectivity index (χ3v) is 4.65. The zero-order valence-electron chi connectivity index (χ0n) is 15.7. The third kappa shape index (κ3) is 2.85. The van der Waals surface area contributed by atoms with Gasteiger partial charge < -0.3 is 14.6 Å². The number of nitrogens with zero attached hydrogens (tertiary/aromatic N) is 3. The summed E-state index contributed by atoms with van der Waals surface area (Å²) in [4.78, 5) is 38.3. The summed E-state index contributed by atoms with van der Waals surface area (Å²) in [5.41, 5.74) is 3.24. The van der Waals surface area contributed by atoms with Gasteiger partial charge >= 0.3 is 0 Å². The van der Waals surface area contributed by atoms with E-state index >= 15 is 0 Å². The summed E-state index contributed by atoms with van der Waals surface area (Å²) in [5, 5.41) is 0. The Morgan fingerprint density at radius 2 is 2.07 bits per heavy atom. The van der Waals surface area contributed by atoms with Gasteiger partial charge in [0.25, 0.3) is 5.91 Å². The maximum absolute atomic E-state index is 12.7. The molecule has 0 aliphatic carbocycles. The second-order valence-corrected chi connectivity index (χ2v) is 7.66. The molecule has 1 aliphatic heterocycles. The third-order valence-electron chi connectivity index (χ3n) is 4.65. The number of H-pyrrole nitrogens is 1. The summed E-state index contributed by atoms with van der Waals surface area (Å²) in [6, 6.07) is 5.54. The molecule has 0 radical (unpaired) electrons. The van der Waals surface area contributed by atoms with Gasteiger partial charge in [-0.15, -0.1) is 0 Å². The van der Waals surface area contributed by atoms with E-state index < -0.39 is 5.41 Å². The van der Waals surface area contributed by atoms with E-state index in [1.54, 1.807) is 24.3 Å². The van der Waals surface area contributed by atoms with Crippen molar-refractivity contribution in [3.05, 3.63) is 36.2 Å². The fourth-order valence-corrected chi connectivity index (χ4v) is 3.04. The number of aromatic nitrogens is 3. The number of amides is 1. The van der Waals surface area contributed by atoms with Gasteiger partial charge in [-0.3, -0.25) is 9.59 Å². The number of likely N-dealkylation sites (N-methyl/N-ethyl adjacent to an activating group) is 1. The van der Waals surface area contributed by atoms with Crippen LogP contribution in [-0.4, -0.2) is 40.3 Å². The zero-order chi connectivity index (χ0) is 19.3. The highest BCUT2D eigenvalue weighted by Crippen LogP contribution is 2.35. The zero-order valence-corrected chi connectivity index (χ0v) is 15.7. The van der Waals surface area contributed by atoms with E-state index in [1.807, 2.05) is 39.0 Å². The van der Waals surface area contributed by atoms with E-state index in [4.69, 9.17) is 4.74 Å². The van der Waals surface area contributed by atoms with Crippen LogP contribution in [0, 0.1) is 5.41 Å². The lowest BCUT2D eigenvalue weighted by Gasteiger charge is -2.26. The summed E-state index contributed by atoms with van der Waals surface area (Å²) in [5.74, 6) is 0.550. The first-order valence-corrected chi connectivity index (χ1v) is 8.68. The largest absolute Gasteiger partial charge is 0.482 e. The molecule has 3 aromatic rings. The number of ether oxygens (including phenoxy) is 1. The van der Waals surface area contributed by atoms with Crippen molar-refractivity contribution in [2.24, 2.45) is 5.41 Å². The number of rotatable bonds is 2. The van der Waals surface area contributed by atoms with Gasteiger partial charge in [-0.05, 0) is 18.2 Å². The molecule has 4 rings (SSSR count). The molecule has 0 unspecified atom stereocenters. The summed E-state index contributed by atoms with van der Waals surface area (Å²) >= 11 is 0. The van der Waals surface area contributed by atoms with Crippen molar-refractivity contribution in [1.29, 1.82) is 0 Å². The highest BCUT2D eigenvalue weighted by Gasteiger charge is 2.27. The SMILES string of the molecule is CN1C(=O)COc2ccc(-c3cnc4[nH]cc(C(=O)C(C)(C)C)c4n3)cc21. The maximum Gasteiger partial charge on any atom is 0.264 e. The first kappa shape index (κ1) is 17.2. The molecule has 7 nitrogen and oxygen atoms in total. The van der Waals surface area contributed by atoms with Crippen LogP contribution in [0.1, 0.15) is 31.1 Å². The fourth-order valence-electron chi connectivity index (χ4n) is 3.04. The molecule has 1 aromatic carbocycles. The first-order chi connectivity index (χ1) is 12.8. The molecule has 0 saturated carbocycles. The summed E-state index contributed by atoms with van der Waals surface area (Å²) < 4.78 is 5.47. The number of Topliss-reactive ketones (excluding diaryl/α,β-unsaturated/α-hetero) is 1. The Bertz CT molecular complexity index is 1080. The van der Waals surface area contributed by atoms with Gasteiger partial charge in [0.2, 0.25) is 0 Å². The normalized spacial score (nSPS) is 14.2. The van der Waals surface area contributed by atoms with Gasteiger partial charge in [0.15, 0.2) is 18.0 Å². The molecule has 1 amide bonds. The average molecular weight is 364 g/mol. The van der Waals surface area contributed by atoms with Crippen molar-refractivity contribution < 1.29 is 14.3 Å². The van der Waals surface area contributed by atoms with E-state index in [-0.39, 0.29) is 18.3 Å². The van der Waals surface area contributed by atoms with Crippen LogP contribution in [0.4, 0.5) is 5.69 Å². The minimum absolute atomic E-state index is 0.00405. The standard InChI is InChI=1S/C20H20N4O3/c1-20(2,3)18(26)12-8-21-19-17(12)23-13(9-22-19)11-5-6-15-14(7-11)24(4)16(25)10-27-15/h5-9H,10H2,1-4H3,(H,21,22). The summed E-state index contributed by atoms with van der Waals surface area (Å²) in [6.07, 6.45) is 3.31. The Kier molecular flexibility index (Phi) is 3.76. The van der Waals surface area contributed by atoms with Crippen LogP contribution in [0.25, 0.3) is 22.4 Å². The minimum Gasteiger partial charge on any atom is -0.482 e. The van der Waals surface area contributed by atoms with Crippen molar-refractivity contribution >= 4 is 28.5 Å². The number of aromatic amines is 1. The Hall–Kier alpha value is -3.22. The molecule has 2 aromatic heterocycles. The van der Waals surface area contributed by atoms with E-state index in [0.29, 0.717) is 33.9 Å². The monoisotopic (exact) mass is 364 g/mol. The van der Waals surface area contributed by atoms with Gasteiger partial charge in [-0.25, -0.2) is 9.97 Å². The number of nitrogens with one attached hydrogen (secondary N) is 1. The van der Waals surface area contributed by atoms with E-state index in [0.717, 1.165) is 5.56 Å². The van der Waals surface area contributed by atoms with Crippen molar-refractivity contribution in [2.45, 2.75) is 20.8 Å². The first-order valence-electron chi connectivity index (χ1n) is 8.68. The van der Waals surface area contributed by atoms with Gasteiger partial charge in [0.1, 0.15) is 11.3 Å². The van der Waals surface area contributed by atoms with E-state index in [9.17, 15) is 9.59 Å². The Balaban J connectivity index is 1.81. The van der Waals surface area contributed by atoms with Crippen LogP contribution >= 0.6 is 0 Å². The maximum atomic E-state index is 12.7. The number of ketones is 1. The Morgan fingerprint density at radius 1 is 1.30 bits per heavy atom. The molecule has 0 saturated heterocycles. The lowest BCUT2D eigenvalue weighted by Crippen LogP contribution is -2.35. The molecular weight excluding hydrogens is 344 g/mol. The number of benzene rings is 1. The van der Waals surface area contributed by atoms with Gasteiger partial charge in [-0.1, -0.05) is 20.8 Å². The predicted octanol–water partition coefficient (Wildman–Crippen LogP) is 3.21. The van der Waals surface area contributed by atoms with Crippen molar-refractivity contribution in [2.75, 3.05) is 18.6 Å². The molecule has 0 bridgehead atoms. The number of carbonyl (C=O) groups is 2. The number of carbonyl (C=O) groups excluding carboxylic acids is 2.